The maximum absolute atomic E-state index is 10.8. The number of hydrogen-bond donors (Lipinski definition) is 2. The Labute approximate surface area is 169 Å². The highest BCUT2D eigenvalue weighted by Gasteiger charge is 2.16. The molecule has 0 spiro atoms. The molecule has 7 nitrogen and oxygen atoms in total. The second-order valence-electron chi connectivity index (χ2n) is 5.52. The Hall–Kier alpha value is -2.57. The maximum atomic E-state index is 10.8. The molecule has 2 N–H and O–H groups in total. The third kappa shape index (κ3) is 4.82. The van der Waals surface area contributed by atoms with Gasteiger partial charge in [-0.25, -0.2) is 4.98 Å². The molecule has 0 unspecified atom stereocenters. The van der Waals surface area contributed by atoms with Crippen molar-refractivity contribution in [2.75, 3.05) is 24.9 Å². The van der Waals surface area contributed by atoms with Crippen LogP contribution < -0.4 is 15.9 Å². The number of rotatable bonds is 8. The van der Waals surface area contributed by atoms with E-state index in [0.717, 1.165) is 23.0 Å². The van der Waals surface area contributed by atoms with Crippen LogP contribution in [0, 0.1) is 0 Å². The van der Waals surface area contributed by atoms with Crippen LogP contribution in [0.15, 0.2) is 54.7 Å². The third-order valence-electron chi connectivity index (χ3n) is 3.73. The minimum Gasteiger partial charge on any atom is -0.338 e. The number of benzene rings is 2. The average molecular weight is 417 g/mol. The van der Waals surface area contributed by atoms with Gasteiger partial charge < -0.3 is 19.7 Å². The lowest BCUT2D eigenvalue weighted by Crippen LogP contribution is -2.11. The number of aromatic nitrogens is 2. The number of carbonyl (C=O) groups is 1. The highest BCUT2D eigenvalue weighted by Crippen LogP contribution is 2.38. The largest absolute Gasteiger partial charge is 0.338 e. The maximum Gasteiger partial charge on any atom is 0.229 e. The van der Waals surface area contributed by atoms with Gasteiger partial charge >= 0.3 is 0 Å². The van der Waals surface area contributed by atoms with Gasteiger partial charge in [-0.2, -0.15) is 4.98 Å². The molecule has 0 aliphatic heterocycles. The summed E-state index contributed by atoms with van der Waals surface area (Å²) in [6.07, 6.45) is 2.30. The molecule has 0 fully saturated rings. The molecule has 1 heterocycles. The van der Waals surface area contributed by atoms with Gasteiger partial charge in [0.05, 0.1) is 17.2 Å². The van der Waals surface area contributed by atoms with E-state index in [4.69, 9.17) is 20.6 Å². The molecule has 2 aromatic carbocycles. The molecule has 0 amide bonds. The van der Waals surface area contributed by atoms with E-state index in [1.807, 2.05) is 24.3 Å². The number of anilines is 4. The van der Waals surface area contributed by atoms with Gasteiger partial charge in [0.2, 0.25) is 14.3 Å². The summed E-state index contributed by atoms with van der Waals surface area (Å²) in [5, 5.41) is 7.55. The van der Waals surface area contributed by atoms with E-state index in [1.54, 1.807) is 38.5 Å². The molecule has 0 aliphatic rings. The molecule has 3 aromatic rings. The lowest BCUT2D eigenvalue weighted by molar-refractivity contribution is 0.112. The fourth-order valence-electron chi connectivity index (χ4n) is 2.43. The van der Waals surface area contributed by atoms with Gasteiger partial charge in [-0.3, -0.25) is 4.79 Å². The van der Waals surface area contributed by atoms with Crippen LogP contribution in [0.2, 0.25) is 5.02 Å². The van der Waals surface area contributed by atoms with Crippen molar-refractivity contribution < 1.29 is 13.8 Å². The van der Waals surface area contributed by atoms with E-state index in [1.165, 1.54) is 6.20 Å². The third-order valence-corrected chi connectivity index (χ3v) is 5.46. The first-order valence-electron chi connectivity index (χ1n) is 8.24. The summed E-state index contributed by atoms with van der Waals surface area (Å²) in [5.74, 6) is 0.808. The fraction of sp³-hybridized carbons (Fsp3) is 0.105. The van der Waals surface area contributed by atoms with Crippen molar-refractivity contribution in [3.8, 4) is 0 Å². The van der Waals surface area contributed by atoms with Crippen molar-refractivity contribution >= 4 is 54.7 Å². The molecule has 0 saturated heterocycles. The van der Waals surface area contributed by atoms with Crippen LogP contribution in [0.5, 0.6) is 0 Å². The van der Waals surface area contributed by atoms with E-state index in [2.05, 4.69) is 20.6 Å². The zero-order chi connectivity index (χ0) is 19.9. The van der Waals surface area contributed by atoms with Gasteiger partial charge in [0.25, 0.3) is 0 Å². The average Bonchev–Trinajstić information content (AvgIpc) is 2.73. The molecule has 3 rings (SSSR count). The van der Waals surface area contributed by atoms with Crippen LogP contribution in [0.4, 0.5) is 23.1 Å². The first-order valence-corrected chi connectivity index (χ1v) is 9.79. The van der Waals surface area contributed by atoms with Crippen molar-refractivity contribution in [3.05, 3.63) is 65.3 Å². The Morgan fingerprint density at radius 1 is 1.04 bits per heavy atom. The van der Waals surface area contributed by atoms with Crippen molar-refractivity contribution in [3.63, 3.8) is 0 Å². The van der Waals surface area contributed by atoms with E-state index in [0.29, 0.717) is 22.4 Å². The Morgan fingerprint density at radius 3 is 2.43 bits per heavy atom. The minimum atomic E-state index is -1.22. The normalized spacial score (nSPS) is 10.7. The van der Waals surface area contributed by atoms with Gasteiger partial charge in [0, 0.05) is 25.5 Å². The lowest BCUT2D eigenvalue weighted by Gasteiger charge is -2.17. The summed E-state index contributed by atoms with van der Waals surface area (Å²) >= 11 is 6.28. The summed E-state index contributed by atoms with van der Waals surface area (Å²) in [5.41, 5.74) is 2.12. The van der Waals surface area contributed by atoms with Crippen LogP contribution in [0.1, 0.15) is 10.4 Å². The summed E-state index contributed by atoms with van der Waals surface area (Å²) in [6, 6.07) is 14.6. The summed E-state index contributed by atoms with van der Waals surface area (Å²) < 4.78 is 10.8. The second-order valence-corrected chi connectivity index (χ2v) is 7.65. The summed E-state index contributed by atoms with van der Waals surface area (Å²) in [7, 11) is 1.97. The highest BCUT2D eigenvalue weighted by atomic mass is 35.5. The van der Waals surface area contributed by atoms with Crippen LogP contribution in [-0.2, 0) is 9.05 Å². The lowest BCUT2D eigenvalue weighted by atomic mass is 10.2. The molecule has 144 valence electrons. The van der Waals surface area contributed by atoms with Crippen LogP contribution >= 0.6 is 20.0 Å². The first kappa shape index (κ1) is 20.2. The highest BCUT2D eigenvalue weighted by molar-refractivity contribution is 7.56. The Morgan fingerprint density at radius 2 is 1.75 bits per heavy atom. The predicted molar refractivity (Wildman–Crippen MR) is 112 cm³/mol. The van der Waals surface area contributed by atoms with Gasteiger partial charge in [-0.1, -0.05) is 23.7 Å². The predicted octanol–water partition coefficient (Wildman–Crippen LogP) is 4.66. The van der Waals surface area contributed by atoms with Gasteiger partial charge in [-0.15, -0.1) is 0 Å². The topological polar surface area (TPSA) is 85.4 Å². The van der Waals surface area contributed by atoms with Crippen molar-refractivity contribution in [1.29, 1.82) is 0 Å². The molecular formula is C19H18ClN4O3P. The number of nitrogens with one attached hydrogen (secondary N) is 2. The van der Waals surface area contributed by atoms with E-state index in [9.17, 15) is 4.79 Å². The van der Waals surface area contributed by atoms with Crippen molar-refractivity contribution in [1.82, 2.24) is 9.97 Å². The standard InChI is InChI=1S/C19H18ClN4O3P/c1-26-28(27-2)17-6-4-3-5-16(17)23-18-15(20)11-21-19(24-18)22-14-9-7-13(12-25)8-10-14/h3-12H,1-2H3,(H2,21,22,23,24). The number of halogens is 1. The number of hydrogen-bond acceptors (Lipinski definition) is 7. The molecule has 9 heteroatoms. The molecular weight excluding hydrogens is 399 g/mol. The van der Waals surface area contributed by atoms with E-state index in [-0.39, 0.29) is 0 Å². The summed E-state index contributed by atoms with van der Waals surface area (Å²) in [4.78, 5) is 19.4. The number of carbonyl (C=O) groups excluding carboxylic acids is 1. The quantitative estimate of drug-likeness (QED) is 0.408. The molecule has 0 radical (unpaired) electrons. The Kier molecular flexibility index (Phi) is 6.90. The molecule has 0 bridgehead atoms. The molecule has 0 aliphatic carbocycles. The molecule has 1 aromatic heterocycles. The zero-order valence-electron chi connectivity index (χ0n) is 15.2. The SMILES string of the molecule is COP(OC)c1ccccc1Nc1nc(Nc2ccc(C=O)cc2)ncc1Cl. The number of aldehydes is 1. The van der Waals surface area contributed by atoms with Crippen LogP contribution in [0.25, 0.3) is 0 Å². The van der Waals surface area contributed by atoms with Gasteiger partial charge in [-0.05, 0) is 36.4 Å². The minimum absolute atomic E-state index is 0.365. The molecule has 0 saturated carbocycles. The van der Waals surface area contributed by atoms with Gasteiger partial charge in [0.15, 0.2) is 5.82 Å². The molecule has 28 heavy (non-hydrogen) atoms. The molecule has 0 atom stereocenters. The Bertz CT molecular complexity index is 952. The summed E-state index contributed by atoms with van der Waals surface area (Å²) in [6.45, 7) is 0. The fourth-order valence-corrected chi connectivity index (χ4v) is 3.64. The Balaban J connectivity index is 1.85. The van der Waals surface area contributed by atoms with Crippen LogP contribution in [0.3, 0.4) is 0 Å². The van der Waals surface area contributed by atoms with E-state index < -0.39 is 8.38 Å². The van der Waals surface area contributed by atoms with Crippen molar-refractivity contribution in [2.45, 2.75) is 0 Å². The number of nitrogens with zero attached hydrogens (tertiary/aromatic N) is 2. The first-order chi connectivity index (χ1) is 13.6. The smallest absolute Gasteiger partial charge is 0.229 e. The van der Waals surface area contributed by atoms with Gasteiger partial charge in [0.1, 0.15) is 11.3 Å². The monoisotopic (exact) mass is 416 g/mol. The van der Waals surface area contributed by atoms with E-state index >= 15 is 0 Å². The second kappa shape index (κ2) is 9.57. The zero-order valence-corrected chi connectivity index (χ0v) is 16.9. The number of para-hydroxylation sites is 1. The van der Waals surface area contributed by atoms with Crippen molar-refractivity contribution in [2.24, 2.45) is 0 Å². The van der Waals surface area contributed by atoms with Crippen LogP contribution in [-0.4, -0.2) is 30.5 Å².